The number of carbonyl (C=O) groups excluding carboxylic acids is 1. The predicted octanol–water partition coefficient (Wildman–Crippen LogP) is 2.00. The summed E-state index contributed by atoms with van der Waals surface area (Å²) in [6.45, 7) is 5.28. The van der Waals surface area contributed by atoms with Gasteiger partial charge in [0.2, 0.25) is 22.8 Å². The molecular formula is C16H21NO7S. The quantitative estimate of drug-likeness (QED) is 0.327. The van der Waals surface area contributed by atoms with Gasteiger partial charge in [-0.15, -0.1) is 0 Å². The van der Waals surface area contributed by atoms with Crippen LogP contribution in [-0.2, 0) is 24.9 Å². The van der Waals surface area contributed by atoms with Crippen LogP contribution >= 0.6 is 0 Å². The first-order valence-corrected chi connectivity index (χ1v) is 9.26. The number of rotatable bonds is 7. The average molecular weight is 371 g/mol. The Morgan fingerprint density at radius 1 is 1.28 bits per heavy atom. The van der Waals surface area contributed by atoms with Crippen molar-refractivity contribution in [3.05, 3.63) is 23.3 Å². The van der Waals surface area contributed by atoms with E-state index in [1.807, 2.05) is 19.1 Å². The van der Waals surface area contributed by atoms with Crippen molar-refractivity contribution in [1.82, 2.24) is 4.73 Å². The molecule has 2 N–H and O–H groups in total. The molecule has 138 valence electrons. The molecule has 1 aromatic rings. The van der Waals surface area contributed by atoms with Crippen molar-refractivity contribution in [2.24, 2.45) is 5.41 Å². The maximum Gasteiger partial charge on any atom is 0.312 e. The van der Waals surface area contributed by atoms with Gasteiger partial charge < -0.3 is 14.9 Å². The maximum absolute atomic E-state index is 11.8. The molecule has 3 atom stereocenters. The Bertz CT molecular complexity index is 717. The van der Waals surface area contributed by atoms with Crippen LogP contribution in [0.3, 0.4) is 0 Å². The Morgan fingerprint density at radius 2 is 1.84 bits per heavy atom. The van der Waals surface area contributed by atoms with Crippen LogP contribution in [0.4, 0.5) is 0 Å². The number of aromatic nitrogens is 1. The van der Waals surface area contributed by atoms with E-state index < -0.39 is 28.4 Å². The third-order valence-corrected chi connectivity index (χ3v) is 5.41. The Morgan fingerprint density at radius 3 is 2.36 bits per heavy atom. The number of allylic oxidation sites excluding steroid dienone is 2. The molecule has 2 aliphatic rings. The van der Waals surface area contributed by atoms with E-state index in [0.29, 0.717) is 22.3 Å². The van der Waals surface area contributed by atoms with Gasteiger partial charge in [-0.1, -0.05) is 28.1 Å². The van der Waals surface area contributed by atoms with E-state index in [4.69, 9.17) is 9.73 Å². The summed E-state index contributed by atoms with van der Waals surface area (Å²) in [5.41, 5.74) is 0.501. The molecule has 0 spiro atoms. The number of nitrogens with zero attached hydrogens (tertiary/aromatic N) is 1. The lowest BCUT2D eigenvalue weighted by atomic mass is 9.91. The minimum Gasteiger partial charge on any atom is -0.492 e. The van der Waals surface area contributed by atoms with Gasteiger partial charge in [0.05, 0.1) is 5.41 Å². The molecule has 0 saturated carbocycles. The highest BCUT2D eigenvalue weighted by molar-refractivity contribution is 7.79. The normalized spacial score (nSPS) is 22.0. The Hall–Kier alpha value is -2.00. The number of esters is 1. The van der Waals surface area contributed by atoms with Crippen molar-refractivity contribution >= 4 is 17.0 Å². The smallest absolute Gasteiger partial charge is 0.312 e. The van der Waals surface area contributed by atoms with Gasteiger partial charge >= 0.3 is 5.97 Å². The minimum atomic E-state index is -2.10. The van der Waals surface area contributed by atoms with E-state index in [2.05, 4.69) is 4.33 Å². The lowest BCUT2D eigenvalue weighted by molar-refractivity contribution is -0.207. The van der Waals surface area contributed by atoms with E-state index in [1.165, 1.54) is 0 Å². The fraction of sp³-hybridized carbons (Fsp3) is 0.562. The predicted molar refractivity (Wildman–Crippen MR) is 87.8 cm³/mol. The molecule has 9 heteroatoms. The van der Waals surface area contributed by atoms with Crippen molar-refractivity contribution in [3.8, 4) is 11.8 Å². The standard InChI is InChI=1S/C16H21NO7S/c1-4-16(2,3)15(20)22-8-25(21)24-23-17-13(18)11-9-5-6-10(7-9)12(11)14(17)19/h5-6,9-10,18-19H,4,7-8H2,1-3H3. The largest absolute Gasteiger partial charge is 0.492 e. The molecule has 25 heavy (non-hydrogen) atoms. The van der Waals surface area contributed by atoms with Gasteiger partial charge in [-0.05, 0) is 26.7 Å². The van der Waals surface area contributed by atoms with Gasteiger partial charge in [-0.2, -0.15) is 0 Å². The second kappa shape index (κ2) is 6.38. The molecule has 2 aliphatic carbocycles. The molecule has 0 aromatic carbocycles. The molecule has 3 unspecified atom stereocenters. The Labute approximate surface area is 147 Å². The van der Waals surface area contributed by atoms with Gasteiger partial charge in [-0.3, -0.25) is 4.79 Å². The van der Waals surface area contributed by atoms with Crippen LogP contribution in [0.5, 0.6) is 11.8 Å². The van der Waals surface area contributed by atoms with Crippen molar-refractivity contribution in [2.75, 3.05) is 5.94 Å². The summed E-state index contributed by atoms with van der Waals surface area (Å²) in [6, 6.07) is 0. The molecule has 0 radical (unpaired) electrons. The maximum atomic E-state index is 11.8. The van der Waals surface area contributed by atoms with Crippen LogP contribution in [0, 0.1) is 5.41 Å². The molecule has 0 fully saturated rings. The van der Waals surface area contributed by atoms with E-state index in [9.17, 15) is 19.2 Å². The second-order valence-corrected chi connectivity index (χ2v) is 7.82. The van der Waals surface area contributed by atoms with E-state index in [-0.39, 0.29) is 23.6 Å². The van der Waals surface area contributed by atoms with Crippen LogP contribution in [-0.4, -0.2) is 31.1 Å². The highest BCUT2D eigenvalue weighted by Crippen LogP contribution is 2.56. The van der Waals surface area contributed by atoms with Gasteiger partial charge in [0.25, 0.3) is 0 Å². The molecule has 1 heterocycles. The molecular weight excluding hydrogens is 350 g/mol. The average Bonchev–Trinajstić information content (AvgIpc) is 3.25. The lowest BCUT2D eigenvalue weighted by Crippen LogP contribution is -2.27. The zero-order chi connectivity index (χ0) is 18.4. The molecule has 8 nitrogen and oxygen atoms in total. The molecule has 1 aromatic heterocycles. The number of fused-ring (bicyclic) bond motifs is 5. The summed E-state index contributed by atoms with van der Waals surface area (Å²) in [4.78, 5) is 16.6. The molecule has 0 saturated heterocycles. The zero-order valence-electron chi connectivity index (χ0n) is 14.2. The van der Waals surface area contributed by atoms with E-state index in [0.717, 1.165) is 6.42 Å². The SMILES string of the molecule is CCC(C)(C)C(=O)OCS(=O)OOn1c(O)c2c(c1O)C1C=CC2C1. The van der Waals surface area contributed by atoms with Gasteiger partial charge in [0.15, 0.2) is 5.94 Å². The zero-order valence-corrected chi connectivity index (χ0v) is 15.0. The number of ether oxygens (including phenoxy) is 1. The van der Waals surface area contributed by atoms with Crippen molar-refractivity contribution < 1.29 is 33.3 Å². The number of aromatic hydroxyl groups is 2. The number of hydrogen-bond donors (Lipinski definition) is 2. The summed E-state index contributed by atoms with van der Waals surface area (Å²) in [6.07, 6.45) is 5.31. The van der Waals surface area contributed by atoms with Crippen molar-refractivity contribution in [1.29, 1.82) is 0 Å². The third kappa shape index (κ3) is 3.02. The summed E-state index contributed by atoms with van der Waals surface area (Å²) < 4.78 is 22.0. The lowest BCUT2D eigenvalue weighted by Gasteiger charge is -2.19. The first kappa shape index (κ1) is 17.8. The molecule has 0 amide bonds. The van der Waals surface area contributed by atoms with Gasteiger partial charge in [0, 0.05) is 23.0 Å². The van der Waals surface area contributed by atoms with Gasteiger partial charge in [-0.25, -0.2) is 9.20 Å². The second-order valence-electron chi connectivity index (χ2n) is 6.84. The van der Waals surface area contributed by atoms with E-state index in [1.54, 1.807) is 13.8 Å². The first-order valence-electron chi connectivity index (χ1n) is 8.02. The molecule has 3 rings (SSSR count). The van der Waals surface area contributed by atoms with Gasteiger partial charge in [0.1, 0.15) is 0 Å². The topological polar surface area (TPSA) is 107 Å². The van der Waals surface area contributed by atoms with E-state index >= 15 is 0 Å². The Balaban J connectivity index is 1.58. The van der Waals surface area contributed by atoms with Crippen molar-refractivity contribution in [3.63, 3.8) is 0 Å². The molecule has 0 aliphatic heterocycles. The number of hydrogen-bond acceptors (Lipinski definition) is 7. The highest BCUT2D eigenvalue weighted by Gasteiger charge is 2.42. The minimum absolute atomic E-state index is 0.0264. The summed E-state index contributed by atoms with van der Waals surface area (Å²) in [7, 11) is 0. The summed E-state index contributed by atoms with van der Waals surface area (Å²) in [5.74, 6) is -1.54. The monoisotopic (exact) mass is 371 g/mol. The third-order valence-electron chi connectivity index (χ3n) is 4.89. The van der Waals surface area contributed by atoms with Crippen LogP contribution in [0.1, 0.15) is 56.6 Å². The fourth-order valence-electron chi connectivity index (χ4n) is 3.01. The first-order chi connectivity index (χ1) is 11.8. The van der Waals surface area contributed by atoms with Crippen LogP contribution < -0.4 is 4.99 Å². The van der Waals surface area contributed by atoms with Crippen molar-refractivity contribution in [2.45, 2.75) is 45.4 Å². The summed E-state index contributed by atoms with van der Waals surface area (Å²) in [5, 5.41) is 20.4. The van der Waals surface area contributed by atoms with Crippen LogP contribution in [0.25, 0.3) is 0 Å². The number of carbonyl (C=O) groups is 1. The summed E-state index contributed by atoms with van der Waals surface area (Å²) >= 11 is -2.10. The van der Waals surface area contributed by atoms with Crippen LogP contribution in [0.2, 0.25) is 0 Å². The highest BCUT2D eigenvalue weighted by atomic mass is 32.2. The Kier molecular flexibility index (Phi) is 4.54. The fourth-order valence-corrected chi connectivity index (χ4v) is 3.39. The molecule has 2 bridgehead atoms. The van der Waals surface area contributed by atoms with Crippen LogP contribution in [0.15, 0.2) is 12.2 Å².